The first-order chi connectivity index (χ1) is 6.05. The fourth-order valence-electron chi connectivity index (χ4n) is 1.33. The van der Waals surface area contributed by atoms with Crippen LogP contribution in [-0.2, 0) is 4.52 Å². The van der Waals surface area contributed by atoms with Crippen molar-refractivity contribution in [2.75, 3.05) is 7.11 Å². The van der Waals surface area contributed by atoms with Crippen LogP contribution in [0.3, 0.4) is 0 Å². The van der Waals surface area contributed by atoms with Crippen LogP contribution in [0, 0.1) is 0 Å². The topological polar surface area (TPSA) is 9.23 Å². The fourth-order valence-corrected chi connectivity index (χ4v) is 3.31. The Morgan fingerprint density at radius 2 is 1.62 bits per heavy atom. The molecule has 0 bridgehead atoms. The Hall–Kier alpha value is -0.390. The summed E-state index contributed by atoms with van der Waals surface area (Å²) < 4.78 is 5.57. The molecule has 0 amide bonds. The largest absolute Gasteiger partial charge is 0.357 e. The minimum Gasteiger partial charge on any atom is -0.357 e. The zero-order chi connectivity index (χ0) is 9.90. The zero-order valence-corrected chi connectivity index (χ0v) is 9.64. The van der Waals surface area contributed by atoms with Crippen LogP contribution < -0.4 is 5.30 Å². The maximum atomic E-state index is 5.57. The molecule has 0 spiro atoms. The Balaban J connectivity index is 2.92. The van der Waals surface area contributed by atoms with E-state index >= 15 is 0 Å². The van der Waals surface area contributed by atoms with Crippen molar-refractivity contribution < 1.29 is 4.52 Å². The van der Waals surface area contributed by atoms with Crippen molar-refractivity contribution in [2.24, 2.45) is 0 Å². The van der Waals surface area contributed by atoms with Crippen molar-refractivity contribution in [2.45, 2.75) is 25.9 Å². The van der Waals surface area contributed by atoms with Crippen molar-refractivity contribution in [3.63, 3.8) is 0 Å². The van der Waals surface area contributed by atoms with E-state index < -0.39 is 8.15 Å². The maximum Gasteiger partial charge on any atom is 0.0654 e. The first-order valence-electron chi connectivity index (χ1n) is 4.45. The first kappa shape index (κ1) is 10.7. The van der Waals surface area contributed by atoms with Crippen LogP contribution >= 0.6 is 8.15 Å². The highest BCUT2D eigenvalue weighted by Gasteiger charge is 2.25. The van der Waals surface area contributed by atoms with Gasteiger partial charge in [0.25, 0.3) is 0 Å². The van der Waals surface area contributed by atoms with Crippen LogP contribution in [0.4, 0.5) is 0 Å². The van der Waals surface area contributed by atoms with Gasteiger partial charge in [0.15, 0.2) is 0 Å². The predicted octanol–water partition coefficient (Wildman–Crippen LogP) is 3.15. The van der Waals surface area contributed by atoms with Crippen LogP contribution in [-0.4, -0.2) is 12.3 Å². The number of hydrogen-bond acceptors (Lipinski definition) is 1. The van der Waals surface area contributed by atoms with Gasteiger partial charge in [-0.05, 0) is 0 Å². The highest BCUT2D eigenvalue weighted by molar-refractivity contribution is 7.62. The van der Waals surface area contributed by atoms with E-state index in [1.54, 1.807) is 7.11 Å². The van der Waals surface area contributed by atoms with E-state index in [1.807, 2.05) is 6.07 Å². The maximum absolute atomic E-state index is 5.57. The molecule has 1 atom stereocenters. The molecule has 0 saturated heterocycles. The smallest absolute Gasteiger partial charge is 0.0654 e. The Labute approximate surface area is 82.0 Å². The lowest BCUT2D eigenvalue weighted by Crippen LogP contribution is -2.19. The van der Waals surface area contributed by atoms with Crippen LogP contribution in [0.25, 0.3) is 0 Å². The van der Waals surface area contributed by atoms with E-state index in [1.165, 1.54) is 5.30 Å². The summed E-state index contributed by atoms with van der Waals surface area (Å²) >= 11 is 0. The Morgan fingerprint density at radius 1 is 1.08 bits per heavy atom. The third-order valence-electron chi connectivity index (χ3n) is 1.78. The van der Waals surface area contributed by atoms with Gasteiger partial charge in [-0.2, -0.15) is 0 Å². The molecule has 0 N–H and O–H groups in total. The Morgan fingerprint density at radius 3 is 2.00 bits per heavy atom. The average Bonchev–Trinajstić information content (AvgIpc) is 2.05. The molecule has 0 heterocycles. The van der Waals surface area contributed by atoms with E-state index in [0.717, 1.165) is 0 Å². The van der Waals surface area contributed by atoms with Crippen molar-refractivity contribution in [1.82, 2.24) is 0 Å². The molecule has 72 valence electrons. The van der Waals surface area contributed by atoms with Crippen molar-refractivity contribution in [1.29, 1.82) is 0 Å². The second-order valence-electron chi connectivity index (χ2n) is 3.98. The standard InChI is InChI=1S/C11H17OP/c1-11(2,3)13(12-4)10-8-6-5-7-9-10/h5-9H,1-4H3/t13-/m0/s1. The minimum absolute atomic E-state index is 0.214. The second kappa shape index (κ2) is 4.21. The van der Waals surface area contributed by atoms with Gasteiger partial charge < -0.3 is 4.52 Å². The van der Waals surface area contributed by atoms with Gasteiger partial charge in [-0.1, -0.05) is 51.1 Å². The van der Waals surface area contributed by atoms with Gasteiger partial charge in [0, 0.05) is 17.6 Å². The minimum atomic E-state index is -0.495. The summed E-state index contributed by atoms with van der Waals surface area (Å²) in [5.74, 6) is 0. The fraction of sp³-hybridized carbons (Fsp3) is 0.455. The zero-order valence-electron chi connectivity index (χ0n) is 8.74. The molecule has 0 unspecified atom stereocenters. The summed E-state index contributed by atoms with van der Waals surface area (Å²) in [5, 5.41) is 1.53. The molecule has 1 aromatic carbocycles. The van der Waals surface area contributed by atoms with Gasteiger partial charge in [-0.15, -0.1) is 0 Å². The van der Waals surface area contributed by atoms with Gasteiger partial charge in [0.1, 0.15) is 0 Å². The number of rotatable bonds is 2. The summed E-state index contributed by atoms with van der Waals surface area (Å²) in [5.41, 5.74) is 0. The highest BCUT2D eigenvalue weighted by Crippen LogP contribution is 2.48. The predicted molar refractivity (Wildman–Crippen MR) is 59.8 cm³/mol. The van der Waals surface area contributed by atoms with E-state index in [9.17, 15) is 0 Å². The summed E-state index contributed by atoms with van der Waals surface area (Å²) in [6, 6.07) is 10.4. The van der Waals surface area contributed by atoms with Crippen LogP contribution in [0.1, 0.15) is 20.8 Å². The Bertz CT molecular complexity index is 251. The van der Waals surface area contributed by atoms with E-state index in [0.29, 0.717) is 0 Å². The molecule has 1 aromatic rings. The molecule has 0 aromatic heterocycles. The number of hydrogen-bond donors (Lipinski definition) is 0. The molecule has 1 nitrogen and oxygen atoms in total. The molecule has 1 rings (SSSR count). The molecule has 13 heavy (non-hydrogen) atoms. The molecule has 0 fully saturated rings. The summed E-state index contributed by atoms with van der Waals surface area (Å²) in [4.78, 5) is 0. The molecule has 0 aliphatic carbocycles. The Kier molecular flexibility index (Phi) is 3.47. The van der Waals surface area contributed by atoms with Gasteiger partial charge in [0.2, 0.25) is 0 Å². The highest BCUT2D eigenvalue weighted by atomic mass is 31.1. The molecular formula is C11H17OP. The van der Waals surface area contributed by atoms with Gasteiger partial charge in [-0.3, -0.25) is 0 Å². The number of benzene rings is 1. The van der Waals surface area contributed by atoms with Gasteiger partial charge in [0.05, 0.1) is 8.15 Å². The molecular weight excluding hydrogens is 179 g/mol. The van der Waals surface area contributed by atoms with Crippen LogP contribution in [0.2, 0.25) is 0 Å². The monoisotopic (exact) mass is 196 g/mol. The second-order valence-corrected chi connectivity index (χ2v) is 6.80. The lowest BCUT2D eigenvalue weighted by Gasteiger charge is -2.29. The van der Waals surface area contributed by atoms with Crippen LogP contribution in [0.15, 0.2) is 30.3 Å². The van der Waals surface area contributed by atoms with Gasteiger partial charge >= 0.3 is 0 Å². The SMILES string of the molecule is CO[P@@](c1ccccc1)C(C)(C)C. The molecule has 0 radical (unpaired) electrons. The molecule has 2 heteroatoms. The van der Waals surface area contributed by atoms with E-state index in [-0.39, 0.29) is 5.16 Å². The van der Waals surface area contributed by atoms with Gasteiger partial charge in [-0.25, -0.2) is 0 Å². The molecule has 0 saturated carbocycles. The molecule has 0 aliphatic heterocycles. The van der Waals surface area contributed by atoms with E-state index in [2.05, 4.69) is 45.0 Å². The quantitative estimate of drug-likeness (QED) is 0.660. The van der Waals surface area contributed by atoms with Crippen molar-refractivity contribution >= 4 is 13.5 Å². The summed E-state index contributed by atoms with van der Waals surface area (Å²) in [6.07, 6.45) is 0. The third kappa shape index (κ3) is 2.79. The third-order valence-corrected chi connectivity index (χ3v) is 4.13. The summed E-state index contributed by atoms with van der Waals surface area (Å²) in [6.45, 7) is 6.65. The summed E-state index contributed by atoms with van der Waals surface area (Å²) in [7, 11) is 1.30. The van der Waals surface area contributed by atoms with Crippen molar-refractivity contribution in [3.8, 4) is 0 Å². The average molecular weight is 196 g/mol. The lowest BCUT2D eigenvalue weighted by atomic mass is 10.3. The first-order valence-corrected chi connectivity index (χ1v) is 5.71. The van der Waals surface area contributed by atoms with Crippen molar-refractivity contribution in [3.05, 3.63) is 30.3 Å². The van der Waals surface area contributed by atoms with E-state index in [4.69, 9.17) is 4.52 Å². The normalized spacial score (nSPS) is 14.2. The molecule has 0 aliphatic rings. The van der Waals surface area contributed by atoms with Crippen LogP contribution in [0.5, 0.6) is 0 Å². The lowest BCUT2D eigenvalue weighted by molar-refractivity contribution is 0.449.